The fourth-order valence-corrected chi connectivity index (χ4v) is 9.57. The van der Waals surface area contributed by atoms with E-state index in [4.69, 9.17) is 23.7 Å². The van der Waals surface area contributed by atoms with Crippen molar-refractivity contribution in [1.29, 1.82) is 0 Å². The van der Waals surface area contributed by atoms with Crippen LogP contribution >= 0.6 is 23.5 Å². The molecule has 1 heterocycles. The first-order chi connectivity index (χ1) is 47.7. The Bertz CT molecular complexity index is 2530. The van der Waals surface area contributed by atoms with E-state index in [2.05, 4.69) is 6.92 Å². The molecule has 1 aromatic rings. The van der Waals surface area contributed by atoms with E-state index in [9.17, 15) is 77.0 Å². The van der Waals surface area contributed by atoms with Crippen LogP contribution in [0.25, 0.3) is 0 Å². The molecular formula is C76H123NO21S2. The second kappa shape index (κ2) is 67.2. The number of ketones is 8. The number of unbranched alkanes of at least 4 members (excludes halogenated alkanes) is 7. The lowest BCUT2D eigenvalue weighted by Gasteiger charge is -2.14. The number of rotatable bonds is 55. The lowest BCUT2D eigenvalue weighted by atomic mass is 10.0. The van der Waals surface area contributed by atoms with Gasteiger partial charge in [0.2, 0.25) is 11.8 Å². The number of aliphatic hydroxyl groups is 1. The van der Waals surface area contributed by atoms with Crippen molar-refractivity contribution < 1.29 is 101 Å². The van der Waals surface area contributed by atoms with E-state index in [0.29, 0.717) is 135 Å². The monoisotopic (exact) mass is 1450 g/mol. The summed E-state index contributed by atoms with van der Waals surface area (Å²) in [6, 6.07) is 7.84. The van der Waals surface area contributed by atoms with E-state index in [1.807, 2.05) is 50.6 Å². The number of amides is 2. The third kappa shape index (κ3) is 62.7. The number of ether oxygens (including phenoxy) is 5. The van der Waals surface area contributed by atoms with Crippen LogP contribution in [-0.4, -0.2) is 168 Å². The van der Waals surface area contributed by atoms with Crippen LogP contribution in [0.5, 0.6) is 0 Å². The number of aryl methyl sites for hydroxylation is 1. The molecular weight excluding hydrogens is 1330 g/mol. The molecule has 0 radical (unpaired) electrons. The normalized spacial score (nSPS) is 12.3. The molecule has 0 spiro atoms. The van der Waals surface area contributed by atoms with Crippen LogP contribution < -0.4 is 0 Å². The summed E-state index contributed by atoms with van der Waals surface area (Å²) < 4.78 is 24.9. The minimum absolute atomic E-state index is 0.0698. The fraction of sp³-hybridized carbons (Fsp3) is 0.724. The van der Waals surface area contributed by atoms with Crippen LogP contribution in [-0.2, 0) is 97.2 Å². The van der Waals surface area contributed by atoms with Gasteiger partial charge in [-0.15, -0.1) is 0 Å². The molecule has 0 bridgehead atoms. The Hall–Kier alpha value is -6.27. The van der Waals surface area contributed by atoms with E-state index in [0.717, 1.165) is 81.3 Å². The highest BCUT2D eigenvalue weighted by atomic mass is 32.2. The maximum absolute atomic E-state index is 12.1. The first kappa shape index (κ1) is 97.9. The average molecular weight is 1450 g/mol. The molecule has 1 fully saturated rings. The highest BCUT2D eigenvalue weighted by Crippen LogP contribution is 2.19. The molecule has 2 unspecified atom stereocenters. The van der Waals surface area contributed by atoms with E-state index < -0.39 is 18.0 Å². The van der Waals surface area contributed by atoms with Crippen LogP contribution in [0.4, 0.5) is 0 Å². The predicted molar refractivity (Wildman–Crippen MR) is 390 cm³/mol. The van der Waals surface area contributed by atoms with Gasteiger partial charge in [0, 0.05) is 120 Å². The Labute approximate surface area is 605 Å². The van der Waals surface area contributed by atoms with E-state index in [1.165, 1.54) is 30.2 Å². The molecule has 1 N–H and O–H groups in total. The number of hydrogen-bond acceptors (Lipinski definition) is 23. The van der Waals surface area contributed by atoms with Gasteiger partial charge in [0.15, 0.2) is 11.9 Å². The van der Waals surface area contributed by atoms with E-state index >= 15 is 0 Å². The summed E-state index contributed by atoms with van der Waals surface area (Å²) in [5.74, 6) is 0.558. The van der Waals surface area contributed by atoms with Crippen LogP contribution in [0.1, 0.15) is 290 Å². The largest absolute Gasteiger partial charge is 0.466 e. The maximum atomic E-state index is 12.1. The highest BCUT2D eigenvalue weighted by Gasteiger charge is 2.35. The van der Waals surface area contributed by atoms with Gasteiger partial charge < -0.3 is 43.2 Å². The molecule has 24 heteroatoms. The number of Topliss-reactive ketones (excluding diaryl/α,β-unsaturated/α-hetero) is 8. The van der Waals surface area contributed by atoms with Gasteiger partial charge in [-0.25, -0.2) is 4.79 Å². The SMILES string of the molecule is CCC(=O)CCCCOC(=O)CCCC(C)=O.CCCCC(=O)CCC(=O)OCCCN1C(=O)CC(C)C1=O.CCCCc1ccc(C(=O)CCCCOC(=O)C(O)CC)cc1.CSCCC(=O)CCCCOC(=O)CCCCC(C)=O.CSCCOC(=O)CCC(=O)CCCCC(C)=O. The van der Waals surface area contributed by atoms with Crippen molar-refractivity contribution >= 4 is 111 Å². The second-order valence-electron chi connectivity index (χ2n) is 24.6. The predicted octanol–water partition coefficient (Wildman–Crippen LogP) is 13.6. The summed E-state index contributed by atoms with van der Waals surface area (Å²) in [6.07, 6.45) is 23.6. The first-order valence-corrected chi connectivity index (χ1v) is 39.0. The number of carbonyl (C=O) groups excluding carboxylic acids is 15. The molecule has 2 rings (SSSR count). The molecule has 0 aromatic heterocycles. The van der Waals surface area contributed by atoms with Gasteiger partial charge >= 0.3 is 29.8 Å². The van der Waals surface area contributed by atoms with Crippen molar-refractivity contribution in [1.82, 2.24) is 4.90 Å². The number of hydrogen-bond donors (Lipinski definition) is 1. The fourth-order valence-electron chi connectivity index (χ4n) is 8.89. The van der Waals surface area contributed by atoms with Crippen LogP contribution in [0.2, 0.25) is 0 Å². The zero-order valence-electron chi connectivity index (χ0n) is 62.2. The maximum Gasteiger partial charge on any atom is 0.334 e. The number of esters is 5. The Morgan fingerprint density at radius 3 is 1.33 bits per heavy atom. The summed E-state index contributed by atoms with van der Waals surface area (Å²) >= 11 is 3.29. The quantitative estimate of drug-likeness (QED) is 0.0208. The van der Waals surface area contributed by atoms with Gasteiger partial charge in [-0.2, -0.15) is 23.5 Å². The van der Waals surface area contributed by atoms with Gasteiger partial charge in [0.05, 0.1) is 39.3 Å². The standard InChI is InChI=1S/C19H28O4.C16H25NO5.C15H26O4S.C13H22O4S.C13H22O4/c1-3-5-8-15-10-12-16(13-11-15)18(21)9-6-7-14-23-19(22)17(20)4-2;1-3-4-6-13(18)7-8-15(20)22-10-5-9-17-14(19)11-12(2)16(17)21;1-13(16)7-3-4-9-15(18)19-11-6-5-8-14(17)10-12-20-2;1-11(14)5-3-4-6-12(15)7-8-13(16)17-9-10-18-2;1-3-12(15)8-4-5-10-17-13(16)9-6-7-11(2)14/h10-13,17,20H,3-9,14H2,1-2H3;12H,3-11H2,1-2H3;3-12H2,1-2H3;3-10H2,1-2H3;3-10H2,1-2H3. The molecule has 0 aliphatic carbocycles. The molecule has 1 aliphatic rings. The summed E-state index contributed by atoms with van der Waals surface area (Å²) in [7, 11) is 0. The summed E-state index contributed by atoms with van der Waals surface area (Å²) in [6.45, 7) is 15.9. The van der Waals surface area contributed by atoms with E-state index in [1.54, 1.807) is 51.2 Å². The molecule has 100 heavy (non-hydrogen) atoms. The molecule has 1 aliphatic heterocycles. The molecule has 570 valence electrons. The Morgan fingerprint density at radius 2 is 0.860 bits per heavy atom. The molecule has 22 nitrogen and oxygen atoms in total. The molecule has 1 aromatic carbocycles. The van der Waals surface area contributed by atoms with Gasteiger partial charge in [0.1, 0.15) is 47.1 Å². The number of benzene rings is 1. The van der Waals surface area contributed by atoms with E-state index in [-0.39, 0.29) is 134 Å². The topological polar surface area (TPSA) is 326 Å². The van der Waals surface area contributed by atoms with Crippen LogP contribution in [0.3, 0.4) is 0 Å². The minimum atomic E-state index is -1.04. The Kier molecular flexibility index (Phi) is 65.8. The lowest BCUT2D eigenvalue weighted by Crippen LogP contribution is -2.32. The zero-order chi connectivity index (χ0) is 75.7. The summed E-state index contributed by atoms with van der Waals surface area (Å²) in [4.78, 5) is 170. The minimum Gasteiger partial charge on any atom is -0.466 e. The van der Waals surface area contributed by atoms with Gasteiger partial charge in [0.25, 0.3) is 0 Å². The lowest BCUT2D eigenvalue weighted by molar-refractivity contribution is -0.154. The van der Waals surface area contributed by atoms with Crippen molar-refractivity contribution in [3.8, 4) is 0 Å². The molecule has 2 amide bonds. The number of nitrogens with zero attached hydrogens (tertiary/aromatic N) is 1. The number of imide groups is 1. The Balaban J connectivity index is -0.00000118. The van der Waals surface area contributed by atoms with Crippen molar-refractivity contribution in [2.75, 3.05) is 63.6 Å². The van der Waals surface area contributed by atoms with Gasteiger partial charge in [-0.05, 0) is 147 Å². The summed E-state index contributed by atoms with van der Waals surface area (Å²) in [5.41, 5.74) is 2.01. The van der Waals surface area contributed by atoms with Crippen molar-refractivity contribution in [2.24, 2.45) is 5.92 Å². The molecule has 2 atom stereocenters. The average Bonchev–Trinajstić information content (AvgIpc) is 1.69. The smallest absolute Gasteiger partial charge is 0.334 e. The first-order valence-electron chi connectivity index (χ1n) is 36.2. The van der Waals surface area contributed by atoms with Crippen molar-refractivity contribution in [3.05, 3.63) is 35.4 Å². The number of thioether (sulfide) groups is 2. The van der Waals surface area contributed by atoms with Crippen molar-refractivity contribution in [2.45, 2.75) is 286 Å². The van der Waals surface area contributed by atoms with Crippen LogP contribution in [0.15, 0.2) is 24.3 Å². The summed E-state index contributed by atoms with van der Waals surface area (Å²) in [5, 5.41) is 9.27. The molecule has 0 saturated carbocycles. The Morgan fingerprint density at radius 1 is 0.450 bits per heavy atom. The van der Waals surface area contributed by atoms with Crippen LogP contribution in [0, 0.1) is 5.92 Å². The van der Waals surface area contributed by atoms with Gasteiger partial charge in [-0.1, -0.05) is 71.7 Å². The second-order valence-corrected chi connectivity index (χ2v) is 26.6. The third-order valence-electron chi connectivity index (χ3n) is 15.1. The van der Waals surface area contributed by atoms with Gasteiger partial charge in [-0.3, -0.25) is 57.6 Å². The highest BCUT2D eigenvalue weighted by molar-refractivity contribution is 7.98. The zero-order valence-corrected chi connectivity index (χ0v) is 63.9. The number of carbonyl (C=O) groups is 15. The number of aliphatic hydroxyl groups excluding tert-OH is 1. The molecule has 1 saturated heterocycles. The third-order valence-corrected chi connectivity index (χ3v) is 16.3. The van der Waals surface area contributed by atoms with Crippen molar-refractivity contribution in [3.63, 3.8) is 0 Å². The number of likely N-dealkylation sites (tertiary alicyclic amines) is 1.